The third-order valence-electron chi connectivity index (χ3n) is 5.83. The Hall–Kier alpha value is -4.14. The third kappa shape index (κ3) is 5.56. The maximum absolute atomic E-state index is 13.0. The van der Waals surface area contributed by atoms with Crippen LogP contribution in [-0.2, 0) is 23.0 Å². The predicted octanol–water partition coefficient (Wildman–Crippen LogP) is 4.58. The molecule has 0 spiro atoms. The zero-order valence-corrected chi connectivity index (χ0v) is 20.3. The van der Waals surface area contributed by atoms with E-state index in [1.807, 2.05) is 85.1 Å². The van der Waals surface area contributed by atoms with Gasteiger partial charge in [0.1, 0.15) is 5.69 Å². The normalized spacial score (nSPS) is 11.4. The van der Waals surface area contributed by atoms with E-state index in [4.69, 9.17) is 0 Å². The maximum atomic E-state index is 13.0. The van der Waals surface area contributed by atoms with Crippen LogP contribution in [0.15, 0.2) is 114 Å². The number of pyridine rings is 1. The lowest BCUT2D eigenvalue weighted by molar-refractivity contribution is 0.582. The molecule has 0 saturated carbocycles. The second-order valence-corrected chi connectivity index (χ2v) is 10.1. The second kappa shape index (κ2) is 10.6. The molecule has 5 rings (SSSR count). The molecule has 3 aromatic carbocycles. The van der Waals surface area contributed by atoms with Crippen molar-refractivity contribution in [2.75, 3.05) is 6.54 Å². The summed E-state index contributed by atoms with van der Waals surface area (Å²) in [6.07, 6.45) is 5.97. The van der Waals surface area contributed by atoms with Gasteiger partial charge in [-0.25, -0.2) is 17.8 Å². The predicted molar refractivity (Wildman–Crippen MR) is 140 cm³/mol. The van der Waals surface area contributed by atoms with Gasteiger partial charge in [-0.1, -0.05) is 78.0 Å². The summed E-state index contributed by atoms with van der Waals surface area (Å²) in [7, 11) is -3.65. The van der Waals surface area contributed by atoms with Crippen molar-refractivity contribution in [3.8, 4) is 22.4 Å². The number of nitrogens with zero attached hydrogens (tertiary/aromatic N) is 4. The Morgan fingerprint density at radius 1 is 0.778 bits per heavy atom. The molecule has 1 N–H and O–H groups in total. The smallest absolute Gasteiger partial charge is 0.241 e. The fraction of sp³-hybridized carbons (Fsp3) is 0.107. The minimum Gasteiger partial charge on any atom is -0.264 e. The summed E-state index contributed by atoms with van der Waals surface area (Å²) in [5.74, 6) is 0. The molecule has 0 saturated heterocycles. The van der Waals surface area contributed by atoms with Gasteiger partial charge in [0.25, 0.3) is 0 Å². The van der Waals surface area contributed by atoms with Crippen molar-refractivity contribution in [2.45, 2.75) is 17.9 Å². The van der Waals surface area contributed by atoms with E-state index in [9.17, 15) is 8.42 Å². The van der Waals surface area contributed by atoms with Crippen molar-refractivity contribution in [1.29, 1.82) is 0 Å². The Bertz CT molecular complexity index is 1530. The monoisotopic (exact) mass is 495 g/mol. The molecule has 0 bridgehead atoms. The minimum atomic E-state index is -3.65. The molecule has 0 atom stereocenters. The lowest BCUT2D eigenvalue weighted by Crippen LogP contribution is -2.26. The molecule has 0 aliphatic rings. The summed E-state index contributed by atoms with van der Waals surface area (Å²) in [6, 6.07) is 28.5. The number of hydrogen-bond acceptors (Lipinski definition) is 5. The zero-order chi connectivity index (χ0) is 24.8. The highest BCUT2D eigenvalue weighted by Gasteiger charge is 2.18. The summed E-state index contributed by atoms with van der Waals surface area (Å²) in [6.45, 7) is 0.902. The van der Waals surface area contributed by atoms with E-state index in [-0.39, 0.29) is 4.90 Å². The molecule has 0 radical (unpaired) electrons. The first-order chi connectivity index (χ1) is 17.6. The average molecular weight is 496 g/mol. The molecule has 2 heterocycles. The highest BCUT2D eigenvalue weighted by molar-refractivity contribution is 7.89. The molecular formula is C28H25N5O2S. The van der Waals surface area contributed by atoms with Gasteiger partial charge in [0.05, 0.1) is 17.6 Å². The van der Waals surface area contributed by atoms with Gasteiger partial charge in [0.15, 0.2) is 0 Å². The summed E-state index contributed by atoms with van der Waals surface area (Å²) in [5.41, 5.74) is 5.39. The zero-order valence-electron chi connectivity index (χ0n) is 19.5. The van der Waals surface area contributed by atoms with Crippen LogP contribution in [0.1, 0.15) is 11.1 Å². The van der Waals surface area contributed by atoms with Crippen LogP contribution in [0.3, 0.4) is 0 Å². The Morgan fingerprint density at radius 3 is 2.28 bits per heavy atom. The van der Waals surface area contributed by atoms with E-state index in [1.54, 1.807) is 29.2 Å². The lowest BCUT2D eigenvalue weighted by atomic mass is 10.1. The van der Waals surface area contributed by atoms with Crippen molar-refractivity contribution in [1.82, 2.24) is 24.7 Å². The molecule has 0 fully saturated rings. The fourth-order valence-electron chi connectivity index (χ4n) is 3.99. The quantitative estimate of drug-likeness (QED) is 0.323. The van der Waals surface area contributed by atoms with Crippen molar-refractivity contribution < 1.29 is 8.42 Å². The fourth-order valence-corrected chi connectivity index (χ4v) is 5.24. The lowest BCUT2D eigenvalue weighted by Gasteiger charge is -2.12. The van der Waals surface area contributed by atoms with Gasteiger partial charge in [-0.15, -0.1) is 5.10 Å². The minimum absolute atomic E-state index is 0.282. The van der Waals surface area contributed by atoms with Gasteiger partial charge < -0.3 is 0 Å². The van der Waals surface area contributed by atoms with Gasteiger partial charge in [-0.2, -0.15) is 0 Å². The molecule has 5 aromatic rings. The van der Waals surface area contributed by atoms with Gasteiger partial charge in [-0.3, -0.25) is 4.98 Å². The second-order valence-electron chi connectivity index (χ2n) is 8.37. The van der Waals surface area contributed by atoms with Gasteiger partial charge in [-0.05, 0) is 41.3 Å². The Morgan fingerprint density at radius 2 is 1.50 bits per heavy atom. The molecule has 8 heteroatoms. The summed E-state index contributed by atoms with van der Waals surface area (Å²) < 4.78 is 30.6. The van der Waals surface area contributed by atoms with Crippen LogP contribution in [-0.4, -0.2) is 34.9 Å². The van der Waals surface area contributed by atoms with Crippen LogP contribution in [0.25, 0.3) is 22.4 Å². The molecule has 180 valence electrons. The number of benzene rings is 3. The van der Waals surface area contributed by atoms with E-state index >= 15 is 0 Å². The number of nitrogens with one attached hydrogen (secondary N) is 1. The Balaban J connectivity index is 1.19. The summed E-state index contributed by atoms with van der Waals surface area (Å²) in [5, 5.41) is 8.43. The molecule has 36 heavy (non-hydrogen) atoms. The van der Waals surface area contributed by atoms with Crippen molar-refractivity contribution in [3.63, 3.8) is 0 Å². The molecule has 0 unspecified atom stereocenters. The first-order valence-corrected chi connectivity index (χ1v) is 13.1. The molecule has 2 aromatic heterocycles. The number of sulfonamides is 1. The first kappa shape index (κ1) is 23.6. The summed E-state index contributed by atoms with van der Waals surface area (Å²) in [4.78, 5) is 4.40. The van der Waals surface area contributed by atoms with E-state index in [2.05, 4.69) is 20.0 Å². The molecule has 0 amide bonds. The molecule has 0 aliphatic heterocycles. The summed E-state index contributed by atoms with van der Waals surface area (Å²) >= 11 is 0. The number of aromatic nitrogens is 4. The first-order valence-electron chi connectivity index (χ1n) is 11.6. The largest absolute Gasteiger partial charge is 0.264 e. The van der Waals surface area contributed by atoms with Gasteiger partial charge in [0.2, 0.25) is 10.0 Å². The van der Waals surface area contributed by atoms with Crippen LogP contribution in [0, 0.1) is 0 Å². The van der Waals surface area contributed by atoms with Crippen molar-refractivity contribution >= 4 is 10.0 Å². The van der Waals surface area contributed by atoms with Crippen LogP contribution < -0.4 is 4.72 Å². The van der Waals surface area contributed by atoms with Crippen LogP contribution in [0.4, 0.5) is 0 Å². The van der Waals surface area contributed by atoms with E-state index in [1.165, 1.54) is 0 Å². The highest BCUT2D eigenvalue weighted by Crippen LogP contribution is 2.26. The van der Waals surface area contributed by atoms with E-state index in [0.29, 0.717) is 25.1 Å². The topological polar surface area (TPSA) is 89.8 Å². The highest BCUT2D eigenvalue weighted by atomic mass is 32.2. The molecular weight excluding hydrogens is 470 g/mol. The van der Waals surface area contributed by atoms with Crippen LogP contribution in [0.5, 0.6) is 0 Å². The number of hydrogen-bond donors (Lipinski definition) is 1. The Labute approximate surface area is 210 Å². The van der Waals surface area contributed by atoms with Crippen LogP contribution >= 0.6 is 0 Å². The van der Waals surface area contributed by atoms with Gasteiger partial charge in [0, 0.05) is 30.1 Å². The number of rotatable bonds is 9. The Kier molecular flexibility index (Phi) is 6.97. The van der Waals surface area contributed by atoms with E-state index in [0.717, 1.165) is 27.9 Å². The maximum Gasteiger partial charge on any atom is 0.241 e. The third-order valence-corrected chi connectivity index (χ3v) is 7.35. The van der Waals surface area contributed by atoms with Gasteiger partial charge >= 0.3 is 0 Å². The van der Waals surface area contributed by atoms with Crippen molar-refractivity contribution in [3.05, 3.63) is 121 Å². The average Bonchev–Trinajstić information content (AvgIpc) is 3.39. The SMILES string of the molecule is O=S(=O)(NCCc1ccc(Cn2cc(-c3cccnc3)nn2)cc1)c1ccccc1-c1ccccc1. The van der Waals surface area contributed by atoms with Crippen LogP contribution in [0.2, 0.25) is 0 Å². The van der Waals surface area contributed by atoms with E-state index < -0.39 is 10.0 Å². The van der Waals surface area contributed by atoms with Crippen molar-refractivity contribution in [2.24, 2.45) is 0 Å². The molecule has 0 aliphatic carbocycles. The standard InChI is InChI=1S/C28H25N5O2S/c34-36(35,28-11-5-4-10-26(28)24-7-2-1-3-8-24)30-18-16-22-12-14-23(15-13-22)20-33-21-27(31-32-33)25-9-6-17-29-19-25/h1-15,17,19,21,30H,16,18,20H2. The molecule has 7 nitrogen and oxygen atoms in total.